The summed E-state index contributed by atoms with van der Waals surface area (Å²) < 4.78 is 4.54. The molecule has 0 rings (SSSR count). The molecule has 0 aliphatic carbocycles. The first-order valence-corrected chi connectivity index (χ1v) is 6.26. The molecule has 2 atom stereocenters. The van der Waals surface area contributed by atoms with E-state index >= 15 is 0 Å². The summed E-state index contributed by atoms with van der Waals surface area (Å²) in [6.45, 7) is 3.67. The zero-order valence-corrected chi connectivity index (χ0v) is 12.1. The summed E-state index contributed by atoms with van der Waals surface area (Å²) >= 11 is 0. The molecule has 0 aliphatic rings. The third-order valence-corrected chi connectivity index (χ3v) is 2.48. The van der Waals surface area contributed by atoms with Crippen molar-refractivity contribution < 1.29 is 34.1 Å². The van der Waals surface area contributed by atoms with Crippen LogP contribution in [0.5, 0.6) is 0 Å². The van der Waals surface area contributed by atoms with Crippen molar-refractivity contribution in [2.75, 3.05) is 7.11 Å². The van der Waals surface area contributed by atoms with Crippen LogP contribution in [0.25, 0.3) is 0 Å². The van der Waals surface area contributed by atoms with Crippen molar-refractivity contribution in [2.45, 2.75) is 38.8 Å². The lowest BCUT2D eigenvalue weighted by molar-refractivity contribution is -0.145. The molecule has 120 valence electrons. The lowest BCUT2D eigenvalue weighted by Crippen LogP contribution is -2.52. The van der Waals surface area contributed by atoms with E-state index in [0.29, 0.717) is 6.42 Å². The van der Waals surface area contributed by atoms with E-state index in [4.69, 9.17) is 10.2 Å². The van der Waals surface area contributed by atoms with Gasteiger partial charge in [0.25, 0.3) is 0 Å². The Hall–Kier alpha value is -2.32. The van der Waals surface area contributed by atoms with E-state index in [1.54, 1.807) is 0 Å². The van der Waals surface area contributed by atoms with Gasteiger partial charge < -0.3 is 25.6 Å². The van der Waals surface area contributed by atoms with Gasteiger partial charge in [-0.05, 0) is 12.3 Å². The Kier molecular flexibility index (Phi) is 7.80. The fraction of sp³-hybridized carbons (Fsp3) is 0.667. The highest BCUT2D eigenvalue weighted by Gasteiger charge is 2.27. The van der Waals surface area contributed by atoms with Gasteiger partial charge >= 0.3 is 23.9 Å². The van der Waals surface area contributed by atoms with Crippen molar-refractivity contribution in [2.24, 2.45) is 5.92 Å². The van der Waals surface area contributed by atoms with Gasteiger partial charge in [0, 0.05) is 0 Å². The van der Waals surface area contributed by atoms with Crippen LogP contribution in [-0.2, 0) is 19.1 Å². The van der Waals surface area contributed by atoms with Gasteiger partial charge in [0.05, 0.1) is 13.5 Å². The van der Waals surface area contributed by atoms with E-state index in [1.165, 1.54) is 7.11 Å². The maximum Gasteiger partial charge on any atom is 0.328 e. The average molecular weight is 304 g/mol. The monoisotopic (exact) mass is 304 g/mol. The fourth-order valence-corrected chi connectivity index (χ4v) is 1.56. The summed E-state index contributed by atoms with van der Waals surface area (Å²) in [6.07, 6.45) is -0.466. The Balaban J connectivity index is 4.70. The number of methoxy groups -OCH3 is 1. The van der Waals surface area contributed by atoms with Gasteiger partial charge in [-0.25, -0.2) is 14.4 Å². The first-order valence-electron chi connectivity index (χ1n) is 6.26. The number of carboxylic acid groups (broad SMARTS) is 2. The summed E-state index contributed by atoms with van der Waals surface area (Å²) in [5.41, 5.74) is 0. The van der Waals surface area contributed by atoms with Crippen LogP contribution < -0.4 is 10.6 Å². The van der Waals surface area contributed by atoms with Crippen LogP contribution in [0.3, 0.4) is 0 Å². The second-order valence-electron chi connectivity index (χ2n) is 4.81. The van der Waals surface area contributed by atoms with Gasteiger partial charge in [-0.15, -0.1) is 0 Å². The lowest BCUT2D eigenvalue weighted by atomic mass is 10.0. The molecule has 21 heavy (non-hydrogen) atoms. The zero-order chi connectivity index (χ0) is 16.6. The molecule has 2 amide bonds. The molecule has 0 heterocycles. The molecular formula is C12H20N2O7. The molecular weight excluding hydrogens is 284 g/mol. The Morgan fingerprint density at radius 2 is 1.57 bits per heavy atom. The molecule has 0 aromatic rings. The van der Waals surface area contributed by atoms with E-state index in [9.17, 15) is 19.2 Å². The third kappa shape index (κ3) is 7.75. The molecule has 9 nitrogen and oxygen atoms in total. The van der Waals surface area contributed by atoms with Gasteiger partial charge in [-0.1, -0.05) is 13.8 Å². The molecule has 0 aromatic heterocycles. The van der Waals surface area contributed by atoms with Gasteiger partial charge in [0.15, 0.2) is 0 Å². The van der Waals surface area contributed by atoms with Crippen molar-refractivity contribution >= 4 is 23.9 Å². The number of hydrogen-bond acceptors (Lipinski definition) is 5. The molecule has 4 N–H and O–H groups in total. The molecule has 0 spiro atoms. The van der Waals surface area contributed by atoms with Crippen LogP contribution >= 0.6 is 0 Å². The van der Waals surface area contributed by atoms with Gasteiger partial charge in [-0.2, -0.15) is 0 Å². The van der Waals surface area contributed by atoms with E-state index in [1.807, 2.05) is 19.2 Å². The van der Waals surface area contributed by atoms with Crippen molar-refractivity contribution in [3.05, 3.63) is 0 Å². The number of carbonyl (C=O) groups is 4. The largest absolute Gasteiger partial charge is 0.481 e. The predicted octanol–water partition coefficient (Wildman–Crippen LogP) is -0.199. The quantitative estimate of drug-likeness (QED) is 0.455. The molecule has 0 radical (unpaired) electrons. The summed E-state index contributed by atoms with van der Waals surface area (Å²) in [7, 11) is 1.17. The minimum Gasteiger partial charge on any atom is -0.481 e. The van der Waals surface area contributed by atoms with E-state index in [0.717, 1.165) is 0 Å². The van der Waals surface area contributed by atoms with E-state index in [2.05, 4.69) is 10.1 Å². The summed E-state index contributed by atoms with van der Waals surface area (Å²) in [5, 5.41) is 21.6. The number of amides is 2. The topological polar surface area (TPSA) is 142 Å². The van der Waals surface area contributed by atoms with Gasteiger partial charge in [-0.3, -0.25) is 4.79 Å². The first kappa shape index (κ1) is 18.7. The molecule has 0 saturated heterocycles. The molecule has 0 aromatic carbocycles. The highest BCUT2D eigenvalue weighted by Crippen LogP contribution is 2.06. The lowest BCUT2D eigenvalue weighted by Gasteiger charge is -2.20. The van der Waals surface area contributed by atoms with Crippen LogP contribution in [0, 0.1) is 5.92 Å². The second-order valence-corrected chi connectivity index (χ2v) is 4.81. The number of hydrogen-bond donors (Lipinski definition) is 4. The average Bonchev–Trinajstić information content (AvgIpc) is 2.34. The van der Waals surface area contributed by atoms with Crippen LogP contribution in [0.2, 0.25) is 0 Å². The Morgan fingerprint density at radius 1 is 1.05 bits per heavy atom. The number of ether oxygens (including phenoxy) is 1. The molecule has 0 bridgehead atoms. The highest BCUT2D eigenvalue weighted by atomic mass is 16.5. The smallest absolute Gasteiger partial charge is 0.328 e. The number of carboxylic acids is 2. The molecule has 0 aliphatic heterocycles. The number of urea groups is 1. The molecule has 9 heteroatoms. The van der Waals surface area contributed by atoms with E-state index < -0.39 is 42.4 Å². The number of esters is 1. The fourth-order valence-electron chi connectivity index (χ4n) is 1.56. The highest BCUT2D eigenvalue weighted by molar-refractivity contribution is 5.88. The van der Waals surface area contributed by atoms with Crippen molar-refractivity contribution in [3.8, 4) is 0 Å². The number of rotatable bonds is 8. The zero-order valence-electron chi connectivity index (χ0n) is 12.1. The minimum atomic E-state index is -1.58. The van der Waals surface area contributed by atoms with E-state index in [-0.39, 0.29) is 5.92 Å². The van der Waals surface area contributed by atoms with Crippen molar-refractivity contribution in [3.63, 3.8) is 0 Å². The SMILES string of the molecule is COC(=O)C(CC(C)C)NC(=O)NC(CC(=O)O)C(=O)O. The van der Waals surface area contributed by atoms with Crippen LogP contribution in [0.1, 0.15) is 26.7 Å². The van der Waals surface area contributed by atoms with Crippen molar-refractivity contribution in [1.29, 1.82) is 0 Å². The Labute approximate surface area is 121 Å². The number of nitrogens with one attached hydrogen (secondary N) is 2. The maximum absolute atomic E-state index is 11.7. The van der Waals surface area contributed by atoms with Gasteiger partial charge in [0.1, 0.15) is 12.1 Å². The van der Waals surface area contributed by atoms with Crippen LogP contribution in [0.15, 0.2) is 0 Å². The Bertz CT molecular complexity index is 408. The predicted molar refractivity (Wildman–Crippen MR) is 70.6 cm³/mol. The first-order chi connectivity index (χ1) is 9.67. The summed E-state index contributed by atoms with van der Waals surface area (Å²) in [4.78, 5) is 44.5. The summed E-state index contributed by atoms with van der Waals surface area (Å²) in [6, 6.07) is -3.46. The molecule has 0 saturated carbocycles. The molecule has 2 unspecified atom stereocenters. The maximum atomic E-state index is 11.7. The molecule has 0 fully saturated rings. The third-order valence-electron chi connectivity index (χ3n) is 2.48. The number of aliphatic carboxylic acids is 2. The van der Waals surface area contributed by atoms with Crippen molar-refractivity contribution in [1.82, 2.24) is 10.6 Å². The van der Waals surface area contributed by atoms with Crippen LogP contribution in [0.4, 0.5) is 4.79 Å². The number of carbonyl (C=O) groups excluding carboxylic acids is 2. The normalized spacial score (nSPS) is 13.1. The Morgan fingerprint density at radius 3 is 1.95 bits per heavy atom. The standard InChI is InChI=1S/C12H20N2O7/c1-6(2)4-8(11(19)21-3)14-12(20)13-7(10(17)18)5-9(15)16/h6-8H,4-5H2,1-3H3,(H,15,16)(H,17,18)(H2,13,14,20). The van der Waals surface area contributed by atoms with Crippen LogP contribution in [-0.4, -0.2) is 53.3 Å². The summed E-state index contributed by atoms with van der Waals surface area (Å²) in [5.74, 6) is -3.42. The second kappa shape index (κ2) is 8.77. The minimum absolute atomic E-state index is 0.0868. The van der Waals surface area contributed by atoms with Gasteiger partial charge in [0.2, 0.25) is 0 Å².